The highest BCUT2D eigenvalue weighted by molar-refractivity contribution is 5.63. The highest BCUT2D eigenvalue weighted by atomic mass is 14.0. The van der Waals surface area contributed by atoms with Crippen molar-refractivity contribution in [1.29, 1.82) is 0 Å². The van der Waals surface area contributed by atoms with E-state index in [1.807, 2.05) is 0 Å². The van der Waals surface area contributed by atoms with Crippen LogP contribution < -0.4 is 0 Å². The lowest BCUT2D eigenvalue weighted by Gasteiger charge is -2.04. The van der Waals surface area contributed by atoms with Crippen molar-refractivity contribution in [3.8, 4) is 0 Å². The van der Waals surface area contributed by atoms with Gasteiger partial charge in [0.2, 0.25) is 0 Å². The molecule has 0 bridgehead atoms. The molecule has 0 heteroatoms. The SMILES string of the molecule is C=C(CCC)c1cccc(C)c1. The molecule has 1 rings (SSSR count). The van der Waals surface area contributed by atoms with E-state index >= 15 is 0 Å². The van der Waals surface area contributed by atoms with Crippen molar-refractivity contribution < 1.29 is 0 Å². The van der Waals surface area contributed by atoms with E-state index in [2.05, 4.69) is 44.7 Å². The molecular weight excluding hydrogens is 144 g/mol. The summed E-state index contributed by atoms with van der Waals surface area (Å²) in [6, 6.07) is 8.53. The molecule has 0 N–H and O–H groups in total. The third-order valence-electron chi connectivity index (χ3n) is 1.98. The quantitative estimate of drug-likeness (QED) is 0.630. The standard InChI is InChI=1S/C12H16/c1-4-6-11(3)12-8-5-7-10(2)9-12/h5,7-9H,3-4,6H2,1-2H3. The van der Waals surface area contributed by atoms with Crippen LogP contribution in [0.4, 0.5) is 0 Å². The lowest BCUT2D eigenvalue weighted by Crippen LogP contribution is -1.82. The molecule has 0 aliphatic heterocycles. The van der Waals surface area contributed by atoms with Gasteiger partial charge in [-0.2, -0.15) is 0 Å². The van der Waals surface area contributed by atoms with Crippen LogP contribution in [0.2, 0.25) is 0 Å². The van der Waals surface area contributed by atoms with Gasteiger partial charge in [-0.1, -0.05) is 49.8 Å². The topological polar surface area (TPSA) is 0 Å². The second kappa shape index (κ2) is 4.10. The van der Waals surface area contributed by atoms with E-state index in [1.54, 1.807) is 0 Å². The lowest BCUT2D eigenvalue weighted by atomic mass is 10.0. The van der Waals surface area contributed by atoms with Crippen molar-refractivity contribution in [2.45, 2.75) is 26.7 Å². The van der Waals surface area contributed by atoms with Crippen molar-refractivity contribution in [2.24, 2.45) is 0 Å². The molecule has 0 aliphatic carbocycles. The number of hydrogen-bond acceptors (Lipinski definition) is 0. The highest BCUT2D eigenvalue weighted by Gasteiger charge is 1.96. The zero-order valence-electron chi connectivity index (χ0n) is 7.93. The molecule has 1 aromatic rings. The van der Waals surface area contributed by atoms with Crippen LogP contribution in [-0.2, 0) is 0 Å². The van der Waals surface area contributed by atoms with E-state index in [4.69, 9.17) is 0 Å². The molecule has 0 saturated carbocycles. The van der Waals surface area contributed by atoms with Gasteiger partial charge in [-0.3, -0.25) is 0 Å². The summed E-state index contributed by atoms with van der Waals surface area (Å²) in [5, 5.41) is 0. The number of allylic oxidation sites excluding steroid dienone is 1. The summed E-state index contributed by atoms with van der Waals surface area (Å²) in [5.74, 6) is 0. The summed E-state index contributed by atoms with van der Waals surface area (Å²) >= 11 is 0. The lowest BCUT2D eigenvalue weighted by molar-refractivity contribution is 0.975. The zero-order valence-corrected chi connectivity index (χ0v) is 7.93. The Morgan fingerprint density at radius 2 is 2.17 bits per heavy atom. The van der Waals surface area contributed by atoms with Crippen molar-refractivity contribution >= 4 is 5.57 Å². The van der Waals surface area contributed by atoms with Gasteiger partial charge in [0.05, 0.1) is 0 Å². The van der Waals surface area contributed by atoms with Gasteiger partial charge in [0.25, 0.3) is 0 Å². The van der Waals surface area contributed by atoms with E-state index in [0.717, 1.165) is 6.42 Å². The van der Waals surface area contributed by atoms with Gasteiger partial charge in [-0.05, 0) is 24.5 Å². The Kier molecular flexibility index (Phi) is 3.09. The van der Waals surface area contributed by atoms with Crippen molar-refractivity contribution in [1.82, 2.24) is 0 Å². The molecule has 0 fully saturated rings. The molecule has 0 nitrogen and oxygen atoms in total. The molecule has 0 aliphatic rings. The van der Waals surface area contributed by atoms with Crippen LogP contribution >= 0.6 is 0 Å². The van der Waals surface area contributed by atoms with E-state index in [1.165, 1.54) is 23.1 Å². The van der Waals surface area contributed by atoms with Crippen molar-refractivity contribution in [2.75, 3.05) is 0 Å². The maximum Gasteiger partial charge on any atom is -0.0228 e. The number of hydrogen-bond donors (Lipinski definition) is 0. The Bertz CT molecular complexity index is 271. The fourth-order valence-electron chi connectivity index (χ4n) is 1.31. The molecule has 0 amide bonds. The molecule has 1 aromatic carbocycles. The summed E-state index contributed by atoms with van der Waals surface area (Å²) in [7, 11) is 0. The summed E-state index contributed by atoms with van der Waals surface area (Å²) in [6.45, 7) is 8.35. The second-order valence-electron chi connectivity index (χ2n) is 3.22. The zero-order chi connectivity index (χ0) is 8.97. The van der Waals surface area contributed by atoms with E-state index in [0.29, 0.717) is 0 Å². The third-order valence-corrected chi connectivity index (χ3v) is 1.98. The first-order valence-corrected chi connectivity index (χ1v) is 4.49. The molecule has 0 radical (unpaired) electrons. The van der Waals surface area contributed by atoms with Gasteiger partial charge in [0, 0.05) is 0 Å². The highest BCUT2D eigenvalue weighted by Crippen LogP contribution is 2.18. The minimum atomic E-state index is 1.10. The Morgan fingerprint density at radius 3 is 2.75 bits per heavy atom. The van der Waals surface area contributed by atoms with Gasteiger partial charge in [-0.15, -0.1) is 0 Å². The summed E-state index contributed by atoms with van der Waals surface area (Å²) in [4.78, 5) is 0. The largest absolute Gasteiger partial charge is 0.0952 e. The van der Waals surface area contributed by atoms with Gasteiger partial charge in [0.1, 0.15) is 0 Å². The Hall–Kier alpha value is -1.04. The minimum Gasteiger partial charge on any atom is -0.0952 e. The van der Waals surface area contributed by atoms with Gasteiger partial charge >= 0.3 is 0 Å². The molecule has 0 atom stereocenters. The summed E-state index contributed by atoms with van der Waals surface area (Å²) < 4.78 is 0. The molecule has 64 valence electrons. The molecule has 0 heterocycles. The number of aryl methyl sites for hydroxylation is 1. The third kappa shape index (κ3) is 2.23. The maximum atomic E-state index is 4.06. The van der Waals surface area contributed by atoms with E-state index in [-0.39, 0.29) is 0 Å². The second-order valence-corrected chi connectivity index (χ2v) is 3.22. The summed E-state index contributed by atoms with van der Waals surface area (Å²) in [5.41, 5.74) is 3.85. The Balaban J connectivity index is 2.81. The van der Waals surface area contributed by atoms with Crippen LogP contribution in [0, 0.1) is 6.92 Å². The number of benzene rings is 1. The first kappa shape index (κ1) is 9.05. The summed E-state index contributed by atoms with van der Waals surface area (Å²) in [6.07, 6.45) is 2.27. The Labute approximate surface area is 74.9 Å². The first-order valence-electron chi connectivity index (χ1n) is 4.49. The monoisotopic (exact) mass is 160 g/mol. The maximum absolute atomic E-state index is 4.06. The van der Waals surface area contributed by atoms with Crippen molar-refractivity contribution in [3.63, 3.8) is 0 Å². The average Bonchev–Trinajstić information content (AvgIpc) is 2.05. The molecule has 0 saturated heterocycles. The van der Waals surface area contributed by atoms with Crippen molar-refractivity contribution in [3.05, 3.63) is 42.0 Å². The van der Waals surface area contributed by atoms with Crippen LogP contribution in [0.3, 0.4) is 0 Å². The molecule has 0 unspecified atom stereocenters. The average molecular weight is 160 g/mol. The van der Waals surface area contributed by atoms with Crippen LogP contribution in [0.1, 0.15) is 30.9 Å². The van der Waals surface area contributed by atoms with Crippen LogP contribution in [-0.4, -0.2) is 0 Å². The molecule has 0 aromatic heterocycles. The molecular formula is C12H16. The smallest absolute Gasteiger partial charge is 0.0228 e. The van der Waals surface area contributed by atoms with Gasteiger partial charge in [0.15, 0.2) is 0 Å². The van der Waals surface area contributed by atoms with Gasteiger partial charge in [-0.25, -0.2) is 0 Å². The van der Waals surface area contributed by atoms with Crippen LogP contribution in [0.5, 0.6) is 0 Å². The predicted molar refractivity (Wildman–Crippen MR) is 55.1 cm³/mol. The fraction of sp³-hybridized carbons (Fsp3) is 0.333. The predicted octanol–water partition coefficient (Wildman–Crippen LogP) is 3.81. The van der Waals surface area contributed by atoms with Gasteiger partial charge < -0.3 is 0 Å². The van der Waals surface area contributed by atoms with E-state index in [9.17, 15) is 0 Å². The number of rotatable bonds is 3. The molecule has 12 heavy (non-hydrogen) atoms. The van der Waals surface area contributed by atoms with Crippen LogP contribution in [0.15, 0.2) is 30.8 Å². The normalized spacial score (nSPS) is 9.83. The Morgan fingerprint density at radius 1 is 1.42 bits per heavy atom. The molecule has 0 spiro atoms. The van der Waals surface area contributed by atoms with Crippen LogP contribution in [0.25, 0.3) is 5.57 Å². The fourth-order valence-corrected chi connectivity index (χ4v) is 1.31. The minimum absolute atomic E-state index is 1.10. The first-order chi connectivity index (χ1) is 5.74. The van der Waals surface area contributed by atoms with E-state index < -0.39 is 0 Å².